The van der Waals surface area contributed by atoms with E-state index < -0.39 is 6.10 Å². The summed E-state index contributed by atoms with van der Waals surface area (Å²) < 4.78 is 5.92. The van der Waals surface area contributed by atoms with Crippen molar-refractivity contribution in [3.63, 3.8) is 0 Å². The van der Waals surface area contributed by atoms with Crippen LogP contribution in [-0.2, 0) is 6.61 Å². The molecule has 23 heavy (non-hydrogen) atoms. The highest BCUT2D eigenvalue weighted by Crippen LogP contribution is 2.34. The van der Waals surface area contributed by atoms with Gasteiger partial charge in [-0.2, -0.15) is 0 Å². The second kappa shape index (κ2) is 7.27. The molecule has 3 rings (SSSR count). The van der Waals surface area contributed by atoms with Gasteiger partial charge in [-0.3, -0.25) is 0 Å². The lowest BCUT2D eigenvalue weighted by atomic mass is 10.1. The van der Waals surface area contributed by atoms with Gasteiger partial charge in [-0.1, -0.05) is 61.2 Å². The Morgan fingerprint density at radius 2 is 1.74 bits per heavy atom. The van der Waals surface area contributed by atoms with E-state index in [1.807, 2.05) is 66.7 Å². The van der Waals surface area contributed by atoms with Gasteiger partial charge in [0.1, 0.15) is 18.5 Å². The molecule has 3 heteroatoms. The van der Waals surface area contributed by atoms with Gasteiger partial charge in [0, 0.05) is 15.3 Å². The molecule has 0 aliphatic carbocycles. The van der Waals surface area contributed by atoms with Crippen LogP contribution >= 0.6 is 11.3 Å². The van der Waals surface area contributed by atoms with E-state index in [0.29, 0.717) is 12.4 Å². The Morgan fingerprint density at radius 1 is 1.00 bits per heavy atom. The molecule has 0 amide bonds. The SMILES string of the molecule is C=Cc1ccc(C(O)c2ccccc2OCc2ccccc2)s1. The minimum absolute atomic E-state index is 0.479. The van der Waals surface area contributed by atoms with Gasteiger partial charge in [0.2, 0.25) is 0 Å². The highest BCUT2D eigenvalue weighted by molar-refractivity contribution is 7.13. The molecule has 1 aromatic heterocycles. The highest BCUT2D eigenvalue weighted by atomic mass is 32.1. The van der Waals surface area contributed by atoms with Crippen molar-refractivity contribution in [2.45, 2.75) is 12.7 Å². The topological polar surface area (TPSA) is 29.5 Å². The zero-order chi connectivity index (χ0) is 16.1. The zero-order valence-corrected chi connectivity index (χ0v) is 13.5. The monoisotopic (exact) mass is 322 g/mol. The lowest BCUT2D eigenvalue weighted by Crippen LogP contribution is -2.03. The Kier molecular flexibility index (Phi) is 4.91. The Labute approximate surface area is 140 Å². The van der Waals surface area contributed by atoms with E-state index in [-0.39, 0.29) is 0 Å². The van der Waals surface area contributed by atoms with E-state index in [1.54, 1.807) is 6.08 Å². The third kappa shape index (κ3) is 3.70. The molecule has 1 heterocycles. The second-order valence-electron chi connectivity index (χ2n) is 5.16. The minimum atomic E-state index is -0.694. The number of rotatable bonds is 6. The van der Waals surface area contributed by atoms with Crippen LogP contribution in [-0.4, -0.2) is 5.11 Å². The number of aliphatic hydroxyl groups excluding tert-OH is 1. The summed E-state index contributed by atoms with van der Waals surface area (Å²) in [6.45, 7) is 4.24. The molecule has 0 bridgehead atoms. The number of hydrogen-bond acceptors (Lipinski definition) is 3. The van der Waals surface area contributed by atoms with E-state index >= 15 is 0 Å². The van der Waals surface area contributed by atoms with Crippen LogP contribution in [0.1, 0.15) is 27.0 Å². The first kappa shape index (κ1) is 15.5. The van der Waals surface area contributed by atoms with Crippen molar-refractivity contribution < 1.29 is 9.84 Å². The van der Waals surface area contributed by atoms with Crippen LogP contribution in [0.15, 0.2) is 73.3 Å². The van der Waals surface area contributed by atoms with Gasteiger partial charge in [0.15, 0.2) is 0 Å². The van der Waals surface area contributed by atoms with Crippen molar-refractivity contribution in [2.24, 2.45) is 0 Å². The molecule has 0 spiro atoms. The summed E-state index contributed by atoms with van der Waals surface area (Å²) >= 11 is 1.54. The van der Waals surface area contributed by atoms with Gasteiger partial charge in [-0.05, 0) is 23.8 Å². The Hall–Kier alpha value is -2.36. The zero-order valence-electron chi connectivity index (χ0n) is 12.7. The third-order valence-electron chi connectivity index (χ3n) is 3.57. The first-order valence-corrected chi connectivity index (χ1v) is 8.25. The molecule has 0 saturated carbocycles. The van der Waals surface area contributed by atoms with Crippen LogP contribution in [0.25, 0.3) is 6.08 Å². The Bertz CT molecular complexity index is 777. The summed E-state index contributed by atoms with van der Waals surface area (Å²) in [6.07, 6.45) is 1.10. The van der Waals surface area contributed by atoms with Crippen LogP contribution in [0.2, 0.25) is 0 Å². The van der Waals surface area contributed by atoms with Crippen molar-refractivity contribution in [2.75, 3.05) is 0 Å². The summed E-state index contributed by atoms with van der Waals surface area (Å²) in [5, 5.41) is 10.7. The molecule has 3 aromatic rings. The molecule has 1 unspecified atom stereocenters. The first-order chi connectivity index (χ1) is 11.3. The normalized spacial score (nSPS) is 11.9. The fourth-order valence-electron chi connectivity index (χ4n) is 2.35. The van der Waals surface area contributed by atoms with Gasteiger partial charge < -0.3 is 9.84 Å². The van der Waals surface area contributed by atoms with E-state index in [2.05, 4.69) is 6.58 Å². The summed E-state index contributed by atoms with van der Waals surface area (Å²) in [5.74, 6) is 0.706. The van der Waals surface area contributed by atoms with Gasteiger partial charge in [-0.25, -0.2) is 0 Å². The van der Waals surface area contributed by atoms with E-state index in [1.165, 1.54) is 11.3 Å². The minimum Gasteiger partial charge on any atom is -0.489 e. The number of para-hydroxylation sites is 1. The second-order valence-corrected chi connectivity index (χ2v) is 6.31. The van der Waals surface area contributed by atoms with Crippen molar-refractivity contribution in [3.05, 3.63) is 94.2 Å². The summed E-state index contributed by atoms with van der Waals surface area (Å²) in [6, 6.07) is 21.5. The molecule has 2 aromatic carbocycles. The number of benzene rings is 2. The summed E-state index contributed by atoms with van der Waals surface area (Å²) in [4.78, 5) is 1.93. The maximum absolute atomic E-state index is 10.7. The molecule has 0 saturated heterocycles. The molecule has 0 aliphatic heterocycles. The van der Waals surface area contributed by atoms with Crippen molar-refractivity contribution in [1.29, 1.82) is 0 Å². The van der Waals surface area contributed by atoms with Gasteiger partial charge in [0.05, 0.1) is 0 Å². The predicted octanol–water partition coefficient (Wildman–Crippen LogP) is 5.05. The van der Waals surface area contributed by atoms with Crippen LogP contribution in [0, 0.1) is 0 Å². The number of hydrogen-bond donors (Lipinski definition) is 1. The van der Waals surface area contributed by atoms with Crippen LogP contribution < -0.4 is 4.74 Å². The quantitative estimate of drug-likeness (QED) is 0.688. The molecular weight excluding hydrogens is 304 g/mol. The van der Waals surface area contributed by atoms with Crippen molar-refractivity contribution in [1.82, 2.24) is 0 Å². The summed E-state index contributed by atoms with van der Waals surface area (Å²) in [5.41, 5.74) is 1.88. The summed E-state index contributed by atoms with van der Waals surface area (Å²) in [7, 11) is 0. The first-order valence-electron chi connectivity index (χ1n) is 7.44. The fourth-order valence-corrected chi connectivity index (χ4v) is 3.22. The largest absolute Gasteiger partial charge is 0.489 e. The van der Waals surface area contributed by atoms with Crippen LogP contribution in [0.4, 0.5) is 0 Å². The molecule has 0 fully saturated rings. The van der Waals surface area contributed by atoms with Crippen molar-refractivity contribution in [3.8, 4) is 5.75 Å². The van der Waals surface area contributed by atoms with E-state index in [9.17, 15) is 5.11 Å². The molecule has 1 atom stereocenters. The molecule has 0 aliphatic rings. The number of thiophene rings is 1. The lowest BCUT2D eigenvalue weighted by Gasteiger charge is -2.15. The third-order valence-corrected chi connectivity index (χ3v) is 4.70. The molecule has 0 radical (unpaired) electrons. The smallest absolute Gasteiger partial charge is 0.125 e. The number of aliphatic hydroxyl groups is 1. The van der Waals surface area contributed by atoms with E-state index in [0.717, 1.165) is 20.9 Å². The maximum Gasteiger partial charge on any atom is 0.125 e. The highest BCUT2D eigenvalue weighted by Gasteiger charge is 2.17. The molecular formula is C20H18O2S. The van der Waals surface area contributed by atoms with Gasteiger partial charge in [0.25, 0.3) is 0 Å². The van der Waals surface area contributed by atoms with Crippen molar-refractivity contribution >= 4 is 17.4 Å². The standard InChI is InChI=1S/C20H18O2S/c1-2-16-12-13-19(23-16)20(21)17-10-6-7-11-18(17)22-14-15-8-4-3-5-9-15/h2-13,20-21H,1,14H2. The molecule has 1 N–H and O–H groups in total. The van der Waals surface area contributed by atoms with Crippen LogP contribution in [0.3, 0.4) is 0 Å². The average Bonchev–Trinajstić information content (AvgIpc) is 3.10. The fraction of sp³-hybridized carbons (Fsp3) is 0.100. The predicted molar refractivity (Wildman–Crippen MR) is 95.7 cm³/mol. The maximum atomic E-state index is 10.7. The Morgan fingerprint density at radius 3 is 2.48 bits per heavy atom. The van der Waals surface area contributed by atoms with Gasteiger partial charge in [-0.15, -0.1) is 11.3 Å². The molecule has 2 nitrogen and oxygen atoms in total. The van der Waals surface area contributed by atoms with E-state index in [4.69, 9.17) is 4.74 Å². The van der Waals surface area contributed by atoms with Gasteiger partial charge >= 0.3 is 0 Å². The van der Waals surface area contributed by atoms with Crippen LogP contribution in [0.5, 0.6) is 5.75 Å². The average molecular weight is 322 g/mol. The molecule has 116 valence electrons. The lowest BCUT2D eigenvalue weighted by molar-refractivity contribution is 0.212. The Balaban J connectivity index is 1.81. The number of ether oxygens (including phenoxy) is 1.